The summed E-state index contributed by atoms with van der Waals surface area (Å²) in [6, 6.07) is 41.5. The minimum absolute atomic E-state index is 0.00916. The minimum Gasteiger partial charge on any atom is -0.487 e. The zero-order valence-electron chi connectivity index (χ0n) is 37.3. The zero-order valence-corrected chi connectivity index (χ0v) is 38.3. The normalized spacial score (nSPS) is 13.5. The fourth-order valence-electron chi connectivity index (χ4n) is 7.44. The number of H-pyrrole nitrogens is 1. The third-order valence-corrected chi connectivity index (χ3v) is 17.0. The number of aromatic nitrogens is 1. The van der Waals surface area contributed by atoms with Gasteiger partial charge in [0.05, 0.1) is 29.4 Å². The second kappa shape index (κ2) is 18.4. The first-order valence-electron chi connectivity index (χ1n) is 21.1. The number of ether oxygens (including phenoxy) is 1. The number of nitrogens with zero attached hydrogens (tertiary/aromatic N) is 1. The molecule has 1 unspecified atom stereocenters. The molecule has 0 aliphatic rings. The first kappa shape index (κ1) is 45.4. The number of carboxylic acid groups (broad SMARTS) is 1. The van der Waals surface area contributed by atoms with Gasteiger partial charge in [0.25, 0.3) is 0 Å². The lowest BCUT2D eigenvalue weighted by molar-refractivity contribution is -0.00863. The molecule has 3 amide bonds. The van der Waals surface area contributed by atoms with E-state index in [1.54, 1.807) is 6.07 Å². The highest BCUT2D eigenvalue weighted by Crippen LogP contribution is 2.45. The molecule has 1 aromatic heterocycles. The van der Waals surface area contributed by atoms with Crippen LogP contribution in [0.25, 0.3) is 22.0 Å². The predicted molar refractivity (Wildman–Crippen MR) is 254 cm³/mol. The van der Waals surface area contributed by atoms with E-state index >= 15 is 0 Å². The summed E-state index contributed by atoms with van der Waals surface area (Å²) >= 11 is 0. The second-order valence-electron chi connectivity index (χ2n) is 18.7. The van der Waals surface area contributed by atoms with Crippen LogP contribution in [0.3, 0.4) is 0 Å². The van der Waals surface area contributed by atoms with Gasteiger partial charge >= 0.3 is 12.1 Å². The number of para-hydroxylation sites is 1. The maximum absolute atomic E-state index is 13.8. The molecule has 11 heteroatoms. The van der Waals surface area contributed by atoms with Crippen LogP contribution in [0.15, 0.2) is 138 Å². The van der Waals surface area contributed by atoms with Crippen molar-refractivity contribution in [3.05, 3.63) is 161 Å². The number of anilines is 2. The van der Waals surface area contributed by atoms with Crippen molar-refractivity contribution in [2.45, 2.75) is 91.3 Å². The fourth-order valence-corrected chi connectivity index (χ4v) is 8.71. The topological polar surface area (TPSA) is 133 Å². The molecule has 0 saturated heterocycles. The van der Waals surface area contributed by atoms with Crippen molar-refractivity contribution < 1.29 is 23.9 Å². The SMILES string of the molecule is CC(C)(C)C(C)(Cc1cccc(NC(=O)Nc2ccccc2-c2ccccc2)c1)N(C[C@H](O[Si](C)(C)C(C)(C)C)c1ccc(OCc2ccccc2)c2[nH]c(=O)ccc12)C(=O)O. The van der Waals surface area contributed by atoms with Crippen LogP contribution in [0.2, 0.25) is 18.1 Å². The van der Waals surface area contributed by atoms with E-state index in [1.807, 2.05) is 149 Å². The quantitative estimate of drug-likeness (QED) is 0.0807. The summed E-state index contributed by atoms with van der Waals surface area (Å²) < 4.78 is 13.5. The average Bonchev–Trinajstić information content (AvgIpc) is 3.21. The van der Waals surface area contributed by atoms with Gasteiger partial charge in [-0.05, 0) is 89.5 Å². The summed E-state index contributed by atoms with van der Waals surface area (Å²) in [5.74, 6) is 0.508. The van der Waals surface area contributed by atoms with E-state index < -0.39 is 37.5 Å². The number of benzene rings is 5. The molecule has 4 N–H and O–H groups in total. The Morgan fingerprint density at radius 2 is 1.40 bits per heavy atom. The molecule has 2 atom stereocenters. The van der Waals surface area contributed by atoms with Crippen LogP contribution in [-0.2, 0) is 17.5 Å². The number of urea groups is 1. The van der Waals surface area contributed by atoms with Crippen LogP contribution in [0.1, 0.15) is 71.3 Å². The van der Waals surface area contributed by atoms with Gasteiger partial charge in [-0.1, -0.05) is 139 Å². The van der Waals surface area contributed by atoms with Gasteiger partial charge in [0.2, 0.25) is 5.56 Å². The number of carbonyl (C=O) groups is 2. The molecule has 0 saturated carbocycles. The lowest BCUT2D eigenvalue weighted by atomic mass is 9.70. The van der Waals surface area contributed by atoms with Gasteiger partial charge in [-0.15, -0.1) is 0 Å². The third kappa shape index (κ3) is 10.5. The largest absolute Gasteiger partial charge is 0.487 e. The van der Waals surface area contributed by atoms with Crippen molar-refractivity contribution in [2.24, 2.45) is 5.41 Å². The number of hydrogen-bond donors (Lipinski definition) is 4. The maximum Gasteiger partial charge on any atom is 0.407 e. The van der Waals surface area contributed by atoms with Gasteiger partial charge in [-0.3, -0.25) is 9.69 Å². The van der Waals surface area contributed by atoms with Crippen molar-refractivity contribution >= 4 is 42.7 Å². The van der Waals surface area contributed by atoms with Crippen molar-refractivity contribution in [1.82, 2.24) is 9.88 Å². The molecule has 0 aliphatic carbocycles. The number of nitrogens with one attached hydrogen (secondary N) is 3. The van der Waals surface area contributed by atoms with Crippen molar-refractivity contribution in [1.29, 1.82) is 0 Å². The van der Waals surface area contributed by atoms with Gasteiger partial charge < -0.3 is 29.9 Å². The summed E-state index contributed by atoms with van der Waals surface area (Å²) in [6.07, 6.45) is -1.46. The van der Waals surface area contributed by atoms with Crippen LogP contribution >= 0.6 is 0 Å². The molecule has 324 valence electrons. The highest BCUT2D eigenvalue weighted by molar-refractivity contribution is 6.74. The summed E-state index contributed by atoms with van der Waals surface area (Å²) in [6.45, 7) is 19.2. The van der Waals surface area contributed by atoms with E-state index in [0.717, 1.165) is 27.8 Å². The molecule has 0 radical (unpaired) electrons. The van der Waals surface area contributed by atoms with Gasteiger partial charge in [-0.2, -0.15) is 0 Å². The molecule has 5 aromatic carbocycles. The monoisotopic (exact) mass is 852 g/mol. The molecule has 0 bridgehead atoms. The number of carbonyl (C=O) groups excluding carboxylic acids is 1. The standard InChI is InChI=1S/C51H60N4O6Si/c1-49(2,3)51(7,32-36-21-18-24-38(31-36)52-47(57)53-42-26-17-16-25-39(42)37-22-14-11-15-23-37)55(48(58)59)33-44(61-62(8,9)50(4,5)6)40-27-29-43(46-41(40)28-30-45(56)54-46)60-34-35-19-12-10-13-20-35/h10-31,44H,32-34H2,1-9H3,(H,54,56)(H,58,59)(H2,52,53,57)/t44-,51?/m0/s1. The van der Waals surface area contributed by atoms with Crippen molar-refractivity contribution in [2.75, 3.05) is 17.2 Å². The molecular formula is C51H60N4O6Si. The highest BCUT2D eigenvalue weighted by Gasteiger charge is 2.48. The van der Waals surface area contributed by atoms with Crippen molar-refractivity contribution in [3.8, 4) is 16.9 Å². The fraction of sp³-hybridized carbons (Fsp3) is 0.314. The first-order chi connectivity index (χ1) is 29.3. The van der Waals surface area contributed by atoms with Crippen LogP contribution in [-0.4, -0.2) is 47.5 Å². The van der Waals surface area contributed by atoms with Crippen LogP contribution in [0.4, 0.5) is 21.0 Å². The Labute approximate surface area is 366 Å². The predicted octanol–water partition coefficient (Wildman–Crippen LogP) is 12.5. The van der Waals surface area contributed by atoms with E-state index in [4.69, 9.17) is 9.16 Å². The molecule has 0 aliphatic heterocycles. The van der Waals surface area contributed by atoms with Gasteiger partial charge in [0.15, 0.2) is 8.32 Å². The Morgan fingerprint density at radius 3 is 2.06 bits per heavy atom. The molecule has 6 aromatic rings. The zero-order chi connectivity index (χ0) is 44.9. The first-order valence-corrected chi connectivity index (χ1v) is 24.0. The smallest absolute Gasteiger partial charge is 0.407 e. The Kier molecular flexibility index (Phi) is 13.5. The summed E-state index contributed by atoms with van der Waals surface area (Å²) in [5, 5.41) is 17.8. The number of rotatable bonds is 14. The number of aromatic amines is 1. The van der Waals surface area contributed by atoms with Crippen LogP contribution in [0, 0.1) is 5.41 Å². The third-order valence-electron chi connectivity index (χ3n) is 12.5. The molecule has 6 rings (SSSR count). The lowest BCUT2D eigenvalue weighted by Gasteiger charge is -2.51. The highest BCUT2D eigenvalue weighted by atomic mass is 28.4. The van der Waals surface area contributed by atoms with Crippen LogP contribution < -0.4 is 20.9 Å². The van der Waals surface area contributed by atoms with Gasteiger partial charge in [-0.25, -0.2) is 9.59 Å². The Bertz CT molecular complexity index is 2560. The van der Waals surface area contributed by atoms with E-state index in [2.05, 4.69) is 49.5 Å². The number of hydrogen-bond acceptors (Lipinski definition) is 5. The Balaban J connectivity index is 1.33. The molecule has 0 fully saturated rings. The summed E-state index contributed by atoms with van der Waals surface area (Å²) in [5.41, 5.74) is 4.40. The Morgan fingerprint density at radius 1 is 0.758 bits per heavy atom. The molecule has 62 heavy (non-hydrogen) atoms. The molecule has 1 heterocycles. The number of amides is 3. The van der Waals surface area contributed by atoms with E-state index in [-0.39, 0.29) is 17.1 Å². The van der Waals surface area contributed by atoms with Crippen LogP contribution in [0.5, 0.6) is 5.75 Å². The van der Waals surface area contributed by atoms with E-state index in [9.17, 15) is 19.5 Å². The molecule has 10 nitrogen and oxygen atoms in total. The van der Waals surface area contributed by atoms with Crippen molar-refractivity contribution in [3.63, 3.8) is 0 Å². The lowest BCUT2D eigenvalue weighted by Crippen LogP contribution is -2.60. The average molecular weight is 853 g/mol. The van der Waals surface area contributed by atoms with E-state index in [1.165, 1.54) is 11.0 Å². The van der Waals surface area contributed by atoms with Gasteiger partial charge in [0, 0.05) is 22.7 Å². The molecule has 0 spiro atoms. The maximum atomic E-state index is 13.8. The summed E-state index contributed by atoms with van der Waals surface area (Å²) in [4.78, 5) is 44.5. The number of pyridine rings is 1. The minimum atomic E-state index is -2.55. The van der Waals surface area contributed by atoms with E-state index in [0.29, 0.717) is 41.1 Å². The number of fused-ring (bicyclic) bond motifs is 1. The second-order valence-corrected chi connectivity index (χ2v) is 23.4. The molecular weight excluding hydrogens is 793 g/mol. The van der Waals surface area contributed by atoms with Gasteiger partial charge in [0.1, 0.15) is 12.4 Å². The Hall–Kier alpha value is -6.17. The summed E-state index contributed by atoms with van der Waals surface area (Å²) in [7, 11) is -2.55.